The summed E-state index contributed by atoms with van der Waals surface area (Å²) in [6.45, 7) is 2.67. The van der Waals surface area contributed by atoms with Crippen molar-refractivity contribution in [1.82, 2.24) is 9.78 Å². The van der Waals surface area contributed by atoms with Gasteiger partial charge in [-0.1, -0.05) is 31.5 Å². The molecule has 0 aliphatic rings. The molecule has 0 spiro atoms. The molecule has 3 rings (SSSR count). The summed E-state index contributed by atoms with van der Waals surface area (Å²) in [5.74, 6) is 0.887. The zero-order valence-electron chi connectivity index (χ0n) is 16.0. The molecule has 0 saturated carbocycles. The topological polar surface area (TPSA) is 65.7 Å². The minimum absolute atomic E-state index is 0.346. The van der Waals surface area contributed by atoms with E-state index in [1.807, 2.05) is 30.3 Å². The number of unbranched alkanes of at least 4 members (excludes halogenated alkanes) is 1. The first-order chi connectivity index (χ1) is 13.7. The van der Waals surface area contributed by atoms with Crippen molar-refractivity contribution < 1.29 is 14.3 Å². The number of benzene rings is 2. The van der Waals surface area contributed by atoms with Gasteiger partial charge in [-0.2, -0.15) is 5.10 Å². The number of ether oxygens (including phenoxy) is 2. The molecule has 2 aromatic carbocycles. The third kappa shape index (κ3) is 4.85. The maximum atomic E-state index is 12.5. The van der Waals surface area contributed by atoms with E-state index in [4.69, 9.17) is 9.47 Å². The van der Waals surface area contributed by atoms with E-state index in [0.717, 1.165) is 18.5 Å². The molecule has 0 atom stereocenters. The lowest BCUT2D eigenvalue weighted by Gasteiger charge is -2.13. The van der Waals surface area contributed by atoms with Crippen LogP contribution in [0.2, 0.25) is 0 Å². The largest absolute Gasteiger partial charge is 0.497 e. The van der Waals surface area contributed by atoms with Gasteiger partial charge in [-0.3, -0.25) is 4.79 Å². The van der Waals surface area contributed by atoms with E-state index < -0.39 is 0 Å². The zero-order valence-corrected chi connectivity index (χ0v) is 16.0. The lowest BCUT2D eigenvalue weighted by Crippen LogP contribution is -2.15. The Balaban J connectivity index is 1.93. The molecule has 0 bridgehead atoms. The summed E-state index contributed by atoms with van der Waals surface area (Å²) in [6, 6.07) is 18.3. The lowest BCUT2D eigenvalue weighted by molar-refractivity contribution is 0.0998. The standard InChI is InChI=1S/C22H23N3O3/c1-3-4-14-28-21-15-18(16-23-25(21)19-8-6-5-7-9-19)24-22(26)17-10-12-20(27-2)13-11-17/h5-13,15-16H,3-4,14H2,1-2H3/b24-18+. The van der Waals surface area contributed by atoms with Crippen LogP contribution >= 0.6 is 0 Å². The van der Waals surface area contributed by atoms with Crippen molar-refractivity contribution >= 4 is 5.91 Å². The van der Waals surface area contributed by atoms with Gasteiger partial charge < -0.3 is 9.47 Å². The molecule has 0 aliphatic carbocycles. The van der Waals surface area contributed by atoms with Gasteiger partial charge in [0.1, 0.15) is 5.75 Å². The Labute approximate surface area is 164 Å². The summed E-state index contributed by atoms with van der Waals surface area (Å²) in [5, 5.41) is 4.87. The summed E-state index contributed by atoms with van der Waals surface area (Å²) in [5.41, 5.74) is 1.36. The summed E-state index contributed by atoms with van der Waals surface area (Å²) in [7, 11) is 1.58. The van der Waals surface area contributed by atoms with Gasteiger partial charge in [-0.15, -0.1) is 0 Å². The number of aromatic nitrogens is 2. The highest BCUT2D eigenvalue weighted by atomic mass is 16.5. The van der Waals surface area contributed by atoms with Crippen molar-refractivity contribution in [3.63, 3.8) is 0 Å². The highest BCUT2D eigenvalue weighted by Crippen LogP contribution is 2.15. The molecule has 1 aromatic heterocycles. The lowest BCUT2D eigenvalue weighted by atomic mass is 10.2. The number of para-hydroxylation sites is 1. The molecule has 144 valence electrons. The Bertz CT molecular complexity index is 980. The fourth-order valence-corrected chi connectivity index (χ4v) is 2.56. The van der Waals surface area contributed by atoms with Crippen LogP contribution in [-0.4, -0.2) is 29.4 Å². The molecule has 0 N–H and O–H groups in total. The number of rotatable bonds is 7. The van der Waals surface area contributed by atoms with Gasteiger partial charge in [0.15, 0.2) is 0 Å². The monoisotopic (exact) mass is 377 g/mol. The van der Waals surface area contributed by atoms with Crippen LogP contribution in [0.4, 0.5) is 0 Å². The van der Waals surface area contributed by atoms with E-state index in [-0.39, 0.29) is 5.91 Å². The van der Waals surface area contributed by atoms with Crippen LogP contribution in [-0.2, 0) is 0 Å². The molecule has 1 amide bonds. The van der Waals surface area contributed by atoms with Gasteiger partial charge in [-0.05, 0) is 42.8 Å². The van der Waals surface area contributed by atoms with Gasteiger partial charge in [0.2, 0.25) is 5.88 Å². The van der Waals surface area contributed by atoms with E-state index in [2.05, 4.69) is 17.0 Å². The number of nitrogens with zero attached hydrogens (tertiary/aromatic N) is 3. The molecule has 6 nitrogen and oxygen atoms in total. The molecule has 0 aliphatic heterocycles. The van der Waals surface area contributed by atoms with Crippen molar-refractivity contribution in [3.8, 4) is 17.3 Å². The minimum Gasteiger partial charge on any atom is -0.497 e. The summed E-state index contributed by atoms with van der Waals surface area (Å²) in [4.78, 5) is 16.6. The van der Waals surface area contributed by atoms with Crippen LogP contribution < -0.4 is 14.8 Å². The predicted molar refractivity (Wildman–Crippen MR) is 107 cm³/mol. The van der Waals surface area contributed by atoms with Gasteiger partial charge in [0.05, 0.1) is 31.0 Å². The molecule has 0 radical (unpaired) electrons. The molecule has 6 heteroatoms. The van der Waals surface area contributed by atoms with E-state index in [0.29, 0.717) is 29.2 Å². The second kappa shape index (κ2) is 9.50. The van der Waals surface area contributed by atoms with Crippen LogP contribution in [0.5, 0.6) is 11.6 Å². The first-order valence-corrected chi connectivity index (χ1v) is 9.22. The highest BCUT2D eigenvalue weighted by Gasteiger charge is 2.08. The van der Waals surface area contributed by atoms with Crippen LogP contribution in [0.1, 0.15) is 30.1 Å². The fraction of sp³-hybridized carbons (Fsp3) is 0.227. The fourth-order valence-electron chi connectivity index (χ4n) is 2.56. The number of amides is 1. The Kier molecular flexibility index (Phi) is 6.57. The number of carbonyl (C=O) groups is 1. The highest BCUT2D eigenvalue weighted by molar-refractivity contribution is 5.95. The number of hydrogen-bond acceptors (Lipinski definition) is 4. The van der Waals surface area contributed by atoms with Crippen molar-refractivity contribution in [2.45, 2.75) is 19.8 Å². The van der Waals surface area contributed by atoms with Crippen molar-refractivity contribution in [1.29, 1.82) is 0 Å². The molecular formula is C22H23N3O3. The summed E-state index contributed by atoms with van der Waals surface area (Å²) < 4.78 is 12.7. The van der Waals surface area contributed by atoms with Gasteiger partial charge in [-0.25, -0.2) is 9.67 Å². The Hall–Kier alpha value is -3.41. The van der Waals surface area contributed by atoms with Crippen LogP contribution in [0.15, 0.2) is 71.9 Å². The maximum Gasteiger partial charge on any atom is 0.277 e. The Morgan fingerprint density at radius 1 is 1.11 bits per heavy atom. The SMILES string of the molecule is CCCCOc1c/c(=N\C(=O)c2ccc(OC)cc2)cnn1-c1ccccc1. The third-order valence-electron chi connectivity index (χ3n) is 4.10. The van der Waals surface area contributed by atoms with Gasteiger partial charge >= 0.3 is 0 Å². The van der Waals surface area contributed by atoms with Gasteiger partial charge in [0.25, 0.3) is 5.91 Å². The van der Waals surface area contributed by atoms with Crippen molar-refractivity contribution in [3.05, 3.63) is 77.8 Å². The van der Waals surface area contributed by atoms with Crippen molar-refractivity contribution in [2.24, 2.45) is 4.99 Å². The average Bonchev–Trinajstić information content (AvgIpc) is 2.75. The molecule has 0 fully saturated rings. The number of methoxy groups -OCH3 is 1. The second-order valence-corrected chi connectivity index (χ2v) is 6.15. The molecule has 28 heavy (non-hydrogen) atoms. The van der Waals surface area contributed by atoms with Gasteiger partial charge in [0, 0.05) is 11.6 Å². The normalized spacial score (nSPS) is 11.3. The van der Waals surface area contributed by atoms with E-state index >= 15 is 0 Å². The Morgan fingerprint density at radius 3 is 2.54 bits per heavy atom. The third-order valence-corrected chi connectivity index (χ3v) is 4.10. The minimum atomic E-state index is -0.346. The van der Waals surface area contributed by atoms with Crippen LogP contribution in [0.3, 0.4) is 0 Å². The van der Waals surface area contributed by atoms with E-state index in [9.17, 15) is 4.79 Å². The number of carbonyl (C=O) groups excluding carboxylic acids is 1. The molecule has 1 heterocycles. The van der Waals surface area contributed by atoms with Crippen LogP contribution in [0.25, 0.3) is 5.69 Å². The summed E-state index contributed by atoms with van der Waals surface area (Å²) >= 11 is 0. The van der Waals surface area contributed by atoms with Crippen LogP contribution in [0, 0.1) is 0 Å². The maximum absolute atomic E-state index is 12.5. The first kappa shape index (κ1) is 19.4. The van der Waals surface area contributed by atoms with Crippen molar-refractivity contribution in [2.75, 3.05) is 13.7 Å². The molecule has 0 unspecified atom stereocenters. The Morgan fingerprint density at radius 2 is 1.86 bits per heavy atom. The second-order valence-electron chi connectivity index (χ2n) is 6.15. The summed E-state index contributed by atoms with van der Waals surface area (Å²) in [6.07, 6.45) is 3.51. The number of hydrogen-bond donors (Lipinski definition) is 0. The molecule has 3 aromatic rings. The predicted octanol–water partition coefficient (Wildman–Crippen LogP) is 3.80. The first-order valence-electron chi connectivity index (χ1n) is 9.22. The zero-order chi connectivity index (χ0) is 19.8. The van der Waals surface area contributed by atoms with E-state index in [1.54, 1.807) is 48.3 Å². The molecule has 0 saturated heterocycles. The smallest absolute Gasteiger partial charge is 0.277 e. The van der Waals surface area contributed by atoms with E-state index in [1.165, 1.54) is 0 Å². The average molecular weight is 377 g/mol. The quantitative estimate of drug-likeness (QED) is 0.588. The molecular weight excluding hydrogens is 354 g/mol.